The Balaban J connectivity index is 1.72. The summed E-state index contributed by atoms with van der Waals surface area (Å²) in [6.45, 7) is 2.03. The van der Waals surface area contributed by atoms with Crippen molar-refractivity contribution in [3.63, 3.8) is 0 Å². The monoisotopic (exact) mass is 413 g/mol. The van der Waals surface area contributed by atoms with Crippen LogP contribution >= 0.6 is 0 Å². The molecular weight excluding hydrogens is 393 g/mol. The van der Waals surface area contributed by atoms with Crippen LogP contribution in [0.1, 0.15) is 33.2 Å². The van der Waals surface area contributed by atoms with Crippen LogP contribution in [0.3, 0.4) is 0 Å². The average Bonchev–Trinajstić information content (AvgIpc) is 3.34. The fraction of sp³-hybridized carbons (Fsp3) is 0.120. The zero-order valence-corrected chi connectivity index (χ0v) is 17.1. The minimum absolute atomic E-state index is 0.208. The number of methoxy groups -OCH3 is 1. The van der Waals surface area contributed by atoms with Gasteiger partial charge in [0.1, 0.15) is 17.3 Å². The second kappa shape index (κ2) is 7.40. The number of carbonyl (C=O) groups excluding carboxylic acids is 1. The molecule has 0 fully saturated rings. The number of benzene rings is 3. The van der Waals surface area contributed by atoms with Crippen LogP contribution in [0, 0.1) is 12.7 Å². The number of aromatic amines is 1. The smallest absolute Gasteiger partial charge is 0.277 e. The summed E-state index contributed by atoms with van der Waals surface area (Å²) in [6.07, 6.45) is 0. The molecule has 1 aliphatic rings. The Morgan fingerprint density at radius 3 is 2.48 bits per heavy atom. The summed E-state index contributed by atoms with van der Waals surface area (Å²) in [5.74, 6) is 0.131. The van der Waals surface area contributed by atoms with E-state index in [2.05, 4.69) is 10.2 Å². The number of aromatic nitrogens is 2. The SMILES string of the molecule is COc1cccc([C@H]2c3c(-c4ccc(C)cc4)n[nH]c3C(=O)N2c2ccc(F)cc2)c1. The van der Waals surface area contributed by atoms with Gasteiger partial charge in [-0.1, -0.05) is 42.0 Å². The maximum atomic E-state index is 13.6. The van der Waals surface area contributed by atoms with Crippen molar-refractivity contribution < 1.29 is 13.9 Å². The van der Waals surface area contributed by atoms with Gasteiger partial charge in [0.25, 0.3) is 5.91 Å². The normalized spacial score (nSPS) is 15.3. The number of ether oxygens (including phenoxy) is 1. The Hall–Kier alpha value is -3.93. The number of amides is 1. The highest BCUT2D eigenvalue weighted by Gasteiger charge is 2.43. The lowest BCUT2D eigenvalue weighted by molar-refractivity contribution is 0.0988. The number of hydrogen-bond donors (Lipinski definition) is 1. The zero-order chi connectivity index (χ0) is 21.5. The summed E-state index contributed by atoms with van der Waals surface area (Å²) in [4.78, 5) is 15.1. The van der Waals surface area contributed by atoms with Crippen molar-refractivity contribution in [1.29, 1.82) is 0 Å². The molecule has 0 spiro atoms. The summed E-state index contributed by atoms with van der Waals surface area (Å²) in [5.41, 5.74) is 5.51. The highest BCUT2D eigenvalue weighted by molar-refractivity contribution is 6.11. The Morgan fingerprint density at radius 2 is 1.77 bits per heavy atom. The largest absolute Gasteiger partial charge is 0.497 e. The van der Waals surface area contributed by atoms with Crippen LogP contribution in [0.5, 0.6) is 5.75 Å². The lowest BCUT2D eigenvalue weighted by Crippen LogP contribution is -2.29. The maximum absolute atomic E-state index is 13.6. The summed E-state index contributed by atoms with van der Waals surface area (Å²) < 4.78 is 19.0. The third kappa shape index (κ3) is 3.17. The first-order valence-corrected chi connectivity index (χ1v) is 9.95. The molecule has 0 saturated heterocycles. The number of rotatable bonds is 4. The van der Waals surface area contributed by atoms with Crippen molar-refractivity contribution in [3.8, 4) is 17.0 Å². The Morgan fingerprint density at radius 1 is 1.03 bits per heavy atom. The number of aryl methyl sites for hydroxylation is 1. The van der Waals surface area contributed by atoms with Gasteiger partial charge < -0.3 is 4.74 Å². The quantitative estimate of drug-likeness (QED) is 0.495. The van der Waals surface area contributed by atoms with Crippen molar-refractivity contribution >= 4 is 11.6 Å². The predicted molar refractivity (Wildman–Crippen MR) is 117 cm³/mol. The Bertz CT molecular complexity index is 1260. The molecule has 1 N–H and O–H groups in total. The van der Waals surface area contributed by atoms with Gasteiger partial charge in [-0.15, -0.1) is 0 Å². The molecule has 5 rings (SSSR count). The second-order valence-electron chi connectivity index (χ2n) is 7.56. The van der Waals surface area contributed by atoms with E-state index in [4.69, 9.17) is 4.74 Å². The van der Waals surface area contributed by atoms with Crippen molar-refractivity contribution in [1.82, 2.24) is 10.2 Å². The molecule has 1 amide bonds. The molecule has 0 aliphatic carbocycles. The van der Waals surface area contributed by atoms with Crippen molar-refractivity contribution in [2.75, 3.05) is 12.0 Å². The van der Waals surface area contributed by atoms with Gasteiger partial charge >= 0.3 is 0 Å². The third-order valence-electron chi connectivity index (χ3n) is 5.61. The topological polar surface area (TPSA) is 58.2 Å². The number of nitrogens with zero attached hydrogens (tertiary/aromatic N) is 2. The molecule has 0 bridgehead atoms. The molecular formula is C25H20FN3O2. The number of fused-ring (bicyclic) bond motifs is 1. The fourth-order valence-electron chi connectivity index (χ4n) is 4.07. The molecule has 1 aliphatic heterocycles. The minimum atomic E-state index is -0.432. The number of hydrogen-bond acceptors (Lipinski definition) is 3. The molecule has 0 unspecified atom stereocenters. The lowest BCUT2D eigenvalue weighted by atomic mass is 9.95. The van der Waals surface area contributed by atoms with Crippen LogP contribution in [0.2, 0.25) is 0 Å². The standard InChI is InChI=1S/C25H20FN3O2/c1-15-6-8-16(9-7-15)22-21-23(28-27-22)25(30)29(19-12-10-18(26)11-13-19)24(21)17-4-3-5-20(14-17)31-2/h3-14,24H,1-2H3,(H,27,28)/t24-/m0/s1. The van der Waals surface area contributed by atoms with Crippen LogP contribution in [0.25, 0.3) is 11.3 Å². The van der Waals surface area contributed by atoms with Gasteiger partial charge in [0.15, 0.2) is 0 Å². The van der Waals surface area contributed by atoms with E-state index in [1.807, 2.05) is 55.5 Å². The Labute approximate surface area is 179 Å². The van der Waals surface area contributed by atoms with Crippen LogP contribution in [0.4, 0.5) is 10.1 Å². The Kier molecular flexibility index (Phi) is 4.55. The predicted octanol–water partition coefficient (Wildman–Crippen LogP) is 5.28. The first kappa shape index (κ1) is 19.1. The van der Waals surface area contributed by atoms with Crippen molar-refractivity contribution in [2.45, 2.75) is 13.0 Å². The summed E-state index contributed by atoms with van der Waals surface area (Å²) in [6, 6.07) is 21.2. The fourth-order valence-corrected chi connectivity index (χ4v) is 4.07. The van der Waals surface area contributed by atoms with Crippen LogP contribution in [0.15, 0.2) is 72.8 Å². The minimum Gasteiger partial charge on any atom is -0.497 e. The van der Waals surface area contributed by atoms with E-state index >= 15 is 0 Å². The van der Waals surface area contributed by atoms with E-state index in [0.717, 1.165) is 27.9 Å². The lowest BCUT2D eigenvalue weighted by Gasteiger charge is -2.26. The van der Waals surface area contributed by atoms with Gasteiger partial charge in [-0.05, 0) is 48.9 Å². The van der Waals surface area contributed by atoms with Crippen molar-refractivity contribution in [2.24, 2.45) is 0 Å². The molecule has 6 heteroatoms. The molecule has 3 aromatic carbocycles. The number of halogens is 1. The molecule has 0 saturated carbocycles. The molecule has 4 aromatic rings. The summed E-state index contributed by atoms with van der Waals surface area (Å²) in [7, 11) is 1.61. The summed E-state index contributed by atoms with van der Waals surface area (Å²) >= 11 is 0. The van der Waals surface area contributed by atoms with E-state index in [1.54, 1.807) is 24.1 Å². The molecule has 5 nitrogen and oxygen atoms in total. The average molecular weight is 413 g/mol. The number of carbonyl (C=O) groups is 1. The highest BCUT2D eigenvalue weighted by atomic mass is 19.1. The van der Waals surface area contributed by atoms with E-state index in [9.17, 15) is 9.18 Å². The molecule has 2 heterocycles. The van der Waals surface area contributed by atoms with Crippen LogP contribution < -0.4 is 9.64 Å². The maximum Gasteiger partial charge on any atom is 0.277 e. The van der Waals surface area contributed by atoms with Gasteiger partial charge in [-0.25, -0.2) is 4.39 Å². The van der Waals surface area contributed by atoms with Crippen LogP contribution in [-0.2, 0) is 0 Å². The van der Waals surface area contributed by atoms with E-state index in [-0.39, 0.29) is 11.7 Å². The van der Waals surface area contributed by atoms with E-state index in [1.165, 1.54) is 12.1 Å². The van der Waals surface area contributed by atoms with E-state index < -0.39 is 6.04 Å². The van der Waals surface area contributed by atoms with Gasteiger partial charge in [0, 0.05) is 16.8 Å². The van der Waals surface area contributed by atoms with Gasteiger partial charge in [-0.2, -0.15) is 5.10 Å². The zero-order valence-electron chi connectivity index (χ0n) is 17.1. The van der Waals surface area contributed by atoms with Gasteiger partial charge in [-0.3, -0.25) is 14.8 Å². The van der Waals surface area contributed by atoms with Gasteiger partial charge in [0.05, 0.1) is 18.8 Å². The second-order valence-corrected chi connectivity index (χ2v) is 7.56. The first-order valence-electron chi connectivity index (χ1n) is 9.95. The molecule has 1 atom stereocenters. The molecule has 1 aromatic heterocycles. The molecule has 0 radical (unpaired) electrons. The van der Waals surface area contributed by atoms with E-state index in [0.29, 0.717) is 17.1 Å². The third-order valence-corrected chi connectivity index (χ3v) is 5.61. The number of anilines is 1. The van der Waals surface area contributed by atoms with Crippen molar-refractivity contribution in [3.05, 3.63) is 101 Å². The molecule has 31 heavy (non-hydrogen) atoms. The first-order chi connectivity index (χ1) is 15.1. The van der Waals surface area contributed by atoms with Gasteiger partial charge in [0.2, 0.25) is 0 Å². The number of nitrogens with one attached hydrogen (secondary N) is 1. The summed E-state index contributed by atoms with van der Waals surface area (Å²) in [5, 5.41) is 7.43. The number of H-pyrrole nitrogens is 1. The molecule has 154 valence electrons. The highest BCUT2D eigenvalue weighted by Crippen LogP contribution is 2.45. The van der Waals surface area contributed by atoms with Crippen LogP contribution in [-0.4, -0.2) is 23.2 Å².